The van der Waals surface area contributed by atoms with Crippen LogP contribution in [0.5, 0.6) is 5.75 Å². The normalized spacial score (nSPS) is 10.5. The zero-order valence-corrected chi connectivity index (χ0v) is 7.97. The van der Waals surface area contributed by atoms with Gasteiger partial charge in [-0.05, 0) is 6.07 Å². The number of carbonyl (C=O) groups is 1. The van der Waals surface area contributed by atoms with E-state index in [4.69, 9.17) is 15.6 Å². The van der Waals surface area contributed by atoms with Gasteiger partial charge in [-0.1, -0.05) is 0 Å². The van der Waals surface area contributed by atoms with Gasteiger partial charge in [0.15, 0.2) is 5.82 Å². The number of aromatic nitrogens is 2. The quantitative estimate of drug-likeness (QED) is 0.753. The molecule has 78 valence electrons. The second-order valence-electron chi connectivity index (χ2n) is 2.96. The molecule has 0 atom stereocenters. The summed E-state index contributed by atoms with van der Waals surface area (Å²) in [5.41, 5.74) is 5.90. The first-order chi connectivity index (χ1) is 7.13. The van der Waals surface area contributed by atoms with Gasteiger partial charge in [0.1, 0.15) is 11.3 Å². The minimum Gasteiger partial charge on any atom is -0.497 e. The van der Waals surface area contributed by atoms with Gasteiger partial charge >= 0.3 is 5.97 Å². The average Bonchev–Trinajstić information content (AvgIpc) is 2.52. The number of nitrogens with two attached hydrogens (primary N) is 1. The molecule has 0 spiro atoms. The summed E-state index contributed by atoms with van der Waals surface area (Å²) in [5, 5.41) is 12.8. The molecule has 0 bridgehead atoms. The molecule has 2 heterocycles. The summed E-state index contributed by atoms with van der Waals surface area (Å²) < 4.78 is 6.40. The fourth-order valence-electron chi connectivity index (χ4n) is 1.39. The molecular formula is C9H9N3O3. The molecule has 0 aliphatic heterocycles. The molecule has 0 amide bonds. The first-order valence-electron chi connectivity index (χ1n) is 4.18. The van der Waals surface area contributed by atoms with Gasteiger partial charge < -0.3 is 15.6 Å². The lowest BCUT2D eigenvalue weighted by molar-refractivity contribution is 0.0700. The molecule has 0 aliphatic rings. The number of rotatable bonds is 2. The summed E-state index contributed by atoms with van der Waals surface area (Å²) in [7, 11) is 1.51. The van der Waals surface area contributed by atoms with E-state index < -0.39 is 5.97 Å². The number of anilines is 1. The third kappa shape index (κ3) is 1.35. The van der Waals surface area contributed by atoms with Crippen LogP contribution in [0.1, 0.15) is 10.4 Å². The molecule has 0 radical (unpaired) electrons. The van der Waals surface area contributed by atoms with Crippen LogP contribution < -0.4 is 10.5 Å². The number of nitrogen functional groups attached to an aromatic ring is 1. The number of methoxy groups -OCH3 is 1. The molecule has 2 aromatic heterocycles. The third-order valence-corrected chi connectivity index (χ3v) is 2.08. The summed E-state index contributed by atoms with van der Waals surface area (Å²) in [5.74, 6) is -0.545. The highest BCUT2D eigenvalue weighted by molar-refractivity contribution is 6.00. The van der Waals surface area contributed by atoms with E-state index in [0.29, 0.717) is 11.3 Å². The van der Waals surface area contributed by atoms with Crippen molar-refractivity contribution in [3.05, 3.63) is 23.9 Å². The van der Waals surface area contributed by atoms with Gasteiger partial charge in [-0.3, -0.25) is 0 Å². The van der Waals surface area contributed by atoms with Crippen molar-refractivity contribution in [2.24, 2.45) is 0 Å². The fourth-order valence-corrected chi connectivity index (χ4v) is 1.39. The number of aromatic carboxylic acids is 1. The number of ether oxygens (including phenoxy) is 1. The largest absolute Gasteiger partial charge is 0.497 e. The zero-order valence-electron chi connectivity index (χ0n) is 7.97. The van der Waals surface area contributed by atoms with Gasteiger partial charge in [-0.15, -0.1) is 5.10 Å². The summed E-state index contributed by atoms with van der Waals surface area (Å²) in [6.07, 6.45) is 1.59. The van der Waals surface area contributed by atoms with Crippen molar-refractivity contribution in [1.29, 1.82) is 0 Å². The van der Waals surface area contributed by atoms with Gasteiger partial charge in [-0.25, -0.2) is 9.31 Å². The van der Waals surface area contributed by atoms with Crippen LogP contribution in [0.4, 0.5) is 5.82 Å². The standard InChI is InChI=1S/C9H9N3O3/c1-15-5-2-3-12-6(4-5)7(9(13)14)8(10)11-12/h2-4H,1H3,(H2,10,11)(H,13,14). The van der Waals surface area contributed by atoms with Crippen LogP contribution in [0.15, 0.2) is 18.3 Å². The molecular weight excluding hydrogens is 198 g/mol. The van der Waals surface area contributed by atoms with Crippen molar-refractivity contribution in [2.75, 3.05) is 12.8 Å². The van der Waals surface area contributed by atoms with Crippen LogP contribution in [0.2, 0.25) is 0 Å². The van der Waals surface area contributed by atoms with E-state index in [-0.39, 0.29) is 11.4 Å². The van der Waals surface area contributed by atoms with Gasteiger partial charge in [-0.2, -0.15) is 0 Å². The summed E-state index contributed by atoms with van der Waals surface area (Å²) in [4.78, 5) is 10.9. The maximum atomic E-state index is 10.9. The van der Waals surface area contributed by atoms with E-state index in [1.807, 2.05) is 0 Å². The lowest BCUT2D eigenvalue weighted by Gasteiger charge is -1.99. The Labute approximate surface area is 84.9 Å². The third-order valence-electron chi connectivity index (χ3n) is 2.08. The molecule has 2 rings (SSSR count). The van der Waals surface area contributed by atoms with Gasteiger partial charge in [0.05, 0.1) is 12.6 Å². The Balaban J connectivity index is 2.77. The molecule has 0 unspecified atom stereocenters. The van der Waals surface area contributed by atoms with Crippen LogP contribution >= 0.6 is 0 Å². The van der Waals surface area contributed by atoms with Crippen LogP contribution in [-0.4, -0.2) is 27.8 Å². The van der Waals surface area contributed by atoms with Crippen LogP contribution in [-0.2, 0) is 0 Å². The number of carboxylic acids is 1. The Bertz CT molecular complexity index is 533. The molecule has 0 aliphatic carbocycles. The highest BCUT2D eigenvalue weighted by atomic mass is 16.5. The number of pyridine rings is 1. The van der Waals surface area contributed by atoms with Crippen molar-refractivity contribution in [2.45, 2.75) is 0 Å². The maximum absolute atomic E-state index is 10.9. The minimum atomic E-state index is -1.10. The molecule has 3 N–H and O–H groups in total. The van der Waals surface area contributed by atoms with E-state index in [9.17, 15) is 4.79 Å². The van der Waals surface area contributed by atoms with Gasteiger partial charge in [0.2, 0.25) is 0 Å². The molecule has 0 saturated heterocycles. The lowest BCUT2D eigenvalue weighted by Crippen LogP contribution is -1.99. The Morgan fingerprint density at radius 2 is 2.40 bits per heavy atom. The first kappa shape index (κ1) is 9.32. The maximum Gasteiger partial charge on any atom is 0.341 e. The van der Waals surface area contributed by atoms with Crippen molar-refractivity contribution in [1.82, 2.24) is 9.61 Å². The number of hydrogen-bond donors (Lipinski definition) is 2. The second-order valence-corrected chi connectivity index (χ2v) is 2.96. The van der Waals surface area contributed by atoms with Crippen LogP contribution in [0.25, 0.3) is 5.52 Å². The van der Waals surface area contributed by atoms with Crippen molar-refractivity contribution >= 4 is 17.3 Å². The van der Waals surface area contributed by atoms with Gasteiger partial charge in [0, 0.05) is 12.3 Å². The number of hydrogen-bond acceptors (Lipinski definition) is 4. The van der Waals surface area contributed by atoms with E-state index in [1.54, 1.807) is 18.3 Å². The summed E-state index contributed by atoms with van der Waals surface area (Å²) in [6, 6.07) is 3.25. The minimum absolute atomic E-state index is 0.00393. The molecule has 15 heavy (non-hydrogen) atoms. The molecule has 0 saturated carbocycles. The predicted octanol–water partition coefficient (Wildman–Crippen LogP) is 0.623. The summed E-state index contributed by atoms with van der Waals surface area (Å²) >= 11 is 0. The summed E-state index contributed by atoms with van der Waals surface area (Å²) in [6.45, 7) is 0. The lowest BCUT2D eigenvalue weighted by atomic mass is 10.2. The van der Waals surface area contributed by atoms with Crippen molar-refractivity contribution in [3.63, 3.8) is 0 Å². The Kier molecular flexibility index (Phi) is 1.96. The second kappa shape index (κ2) is 3.16. The predicted molar refractivity (Wildman–Crippen MR) is 53.1 cm³/mol. The molecule has 0 aromatic carbocycles. The highest BCUT2D eigenvalue weighted by Crippen LogP contribution is 2.21. The van der Waals surface area contributed by atoms with E-state index in [0.717, 1.165) is 0 Å². The Morgan fingerprint density at radius 3 is 3.00 bits per heavy atom. The topological polar surface area (TPSA) is 89.9 Å². The molecule has 2 aromatic rings. The monoisotopic (exact) mass is 207 g/mol. The number of carboxylic acid groups (broad SMARTS) is 1. The van der Waals surface area contributed by atoms with E-state index >= 15 is 0 Å². The molecule has 0 fully saturated rings. The molecule has 6 heteroatoms. The Morgan fingerprint density at radius 1 is 1.67 bits per heavy atom. The Hall–Kier alpha value is -2.24. The van der Waals surface area contributed by atoms with E-state index in [2.05, 4.69) is 5.10 Å². The smallest absolute Gasteiger partial charge is 0.341 e. The number of fused-ring (bicyclic) bond motifs is 1. The average molecular weight is 207 g/mol. The van der Waals surface area contributed by atoms with Crippen molar-refractivity contribution in [3.8, 4) is 5.75 Å². The van der Waals surface area contributed by atoms with Crippen LogP contribution in [0.3, 0.4) is 0 Å². The SMILES string of the molecule is COc1ccn2nc(N)c(C(=O)O)c2c1. The first-order valence-corrected chi connectivity index (χ1v) is 4.18. The zero-order chi connectivity index (χ0) is 11.0. The van der Waals surface area contributed by atoms with Crippen LogP contribution in [0, 0.1) is 0 Å². The number of nitrogens with zero attached hydrogens (tertiary/aromatic N) is 2. The van der Waals surface area contributed by atoms with E-state index in [1.165, 1.54) is 11.6 Å². The highest BCUT2D eigenvalue weighted by Gasteiger charge is 2.17. The fraction of sp³-hybridized carbons (Fsp3) is 0.111. The molecule has 6 nitrogen and oxygen atoms in total. The van der Waals surface area contributed by atoms with Gasteiger partial charge in [0.25, 0.3) is 0 Å². The van der Waals surface area contributed by atoms with Crippen molar-refractivity contribution < 1.29 is 14.6 Å².